The number of sulfone groups is 1. The first-order chi connectivity index (χ1) is 14.0. The van der Waals surface area contributed by atoms with E-state index in [1.807, 2.05) is 36.4 Å². The molecule has 4 aromatic rings. The molecule has 6 nitrogen and oxygen atoms in total. The zero-order valence-electron chi connectivity index (χ0n) is 15.7. The summed E-state index contributed by atoms with van der Waals surface area (Å²) in [5.41, 5.74) is 3.09. The van der Waals surface area contributed by atoms with Gasteiger partial charge in [-0.05, 0) is 36.4 Å². The number of nitrogens with one attached hydrogen (secondary N) is 2. The molecule has 3 aromatic carbocycles. The number of hydrogen-bond acceptors (Lipinski definition) is 4. The number of carbonyl (C=O) groups excluding carboxylic acids is 1. The summed E-state index contributed by atoms with van der Waals surface area (Å²) in [6.45, 7) is 1.56. The minimum absolute atomic E-state index is 0.0289. The molecule has 0 unspecified atom stereocenters. The van der Waals surface area contributed by atoms with Crippen LogP contribution in [-0.2, 0) is 9.84 Å². The van der Waals surface area contributed by atoms with E-state index in [4.69, 9.17) is 0 Å². The van der Waals surface area contributed by atoms with Gasteiger partial charge in [-0.2, -0.15) is 0 Å². The van der Waals surface area contributed by atoms with Crippen LogP contribution >= 0.6 is 0 Å². The van der Waals surface area contributed by atoms with Gasteiger partial charge in [0.15, 0.2) is 9.84 Å². The van der Waals surface area contributed by atoms with Gasteiger partial charge in [0.1, 0.15) is 5.82 Å². The summed E-state index contributed by atoms with van der Waals surface area (Å²) < 4.78 is 24.7. The monoisotopic (exact) mass is 405 g/mol. The summed E-state index contributed by atoms with van der Waals surface area (Å²) >= 11 is 0. The fourth-order valence-electron chi connectivity index (χ4n) is 3.15. The zero-order chi connectivity index (χ0) is 20.4. The summed E-state index contributed by atoms with van der Waals surface area (Å²) in [5.74, 6) is 0.0603. The van der Waals surface area contributed by atoms with E-state index >= 15 is 0 Å². The van der Waals surface area contributed by atoms with Crippen molar-refractivity contribution in [2.45, 2.75) is 11.8 Å². The second-order valence-electron chi connectivity index (χ2n) is 6.50. The van der Waals surface area contributed by atoms with Crippen LogP contribution in [0.25, 0.3) is 22.4 Å². The number of H-pyrrole nitrogens is 1. The Kier molecular flexibility index (Phi) is 4.90. The molecule has 0 spiro atoms. The molecule has 29 heavy (non-hydrogen) atoms. The summed E-state index contributed by atoms with van der Waals surface area (Å²) in [7, 11) is -3.53. The first kappa shape index (κ1) is 18.9. The highest BCUT2D eigenvalue weighted by Gasteiger charge is 2.21. The second-order valence-corrected chi connectivity index (χ2v) is 8.75. The standard InChI is InChI=1S/C22H19N3O3S/c1-2-29(27,28)20-14-8-4-10-16(20)22(26)25-17-11-5-3-9-15(17)21-23-18-12-6-7-13-19(18)24-21/h3-14H,2H2,1H3,(H,23,24)(H,25,26). The quantitative estimate of drug-likeness (QED) is 0.518. The third kappa shape index (κ3) is 3.64. The number of benzene rings is 3. The van der Waals surface area contributed by atoms with E-state index in [1.54, 1.807) is 31.2 Å². The predicted octanol–water partition coefficient (Wildman–Crippen LogP) is 4.28. The van der Waals surface area contributed by atoms with Gasteiger partial charge in [-0.3, -0.25) is 4.79 Å². The number of para-hydroxylation sites is 3. The van der Waals surface area contributed by atoms with E-state index < -0.39 is 15.7 Å². The van der Waals surface area contributed by atoms with Crippen molar-refractivity contribution in [1.82, 2.24) is 9.97 Å². The smallest absolute Gasteiger partial charge is 0.257 e. The van der Waals surface area contributed by atoms with Crippen LogP contribution in [0.3, 0.4) is 0 Å². The molecule has 0 saturated carbocycles. The Hall–Kier alpha value is -3.45. The van der Waals surface area contributed by atoms with E-state index in [0.29, 0.717) is 17.1 Å². The molecule has 0 atom stereocenters. The molecule has 0 aliphatic heterocycles. The first-order valence-corrected chi connectivity index (χ1v) is 10.8. The van der Waals surface area contributed by atoms with Crippen LogP contribution < -0.4 is 5.32 Å². The normalized spacial score (nSPS) is 11.5. The Labute approximate surface area is 168 Å². The van der Waals surface area contributed by atoms with Crippen molar-refractivity contribution < 1.29 is 13.2 Å². The minimum Gasteiger partial charge on any atom is -0.338 e. The molecule has 0 aliphatic carbocycles. The molecular formula is C22H19N3O3S. The van der Waals surface area contributed by atoms with E-state index in [0.717, 1.165) is 11.0 Å². The Balaban J connectivity index is 1.73. The van der Waals surface area contributed by atoms with Crippen molar-refractivity contribution in [2.75, 3.05) is 11.1 Å². The molecule has 2 N–H and O–H groups in total. The van der Waals surface area contributed by atoms with Gasteiger partial charge in [-0.1, -0.05) is 43.3 Å². The number of imidazole rings is 1. The lowest BCUT2D eigenvalue weighted by molar-refractivity contribution is 0.102. The molecule has 1 heterocycles. The zero-order valence-corrected chi connectivity index (χ0v) is 16.5. The van der Waals surface area contributed by atoms with Crippen LogP contribution in [0, 0.1) is 0 Å². The number of aromatic nitrogens is 2. The summed E-state index contributed by atoms with van der Waals surface area (Å²) in [6, 6.07) is 21.2. The molecule has 0 aliphatic rings. The Bertz CT molecular complexity index is 1280. The summed E-state index contributed by atoms with van der Waals surface area (Å²) in [5, 5.41) is 2.84. The second kappa shape index (κ2) is 7.52. The van der Waals surface area contributed by atoms with Gasteiger partial charge in [0.05, 0.1) is 32.9 Å². The fraction of sp³-hybridized carbons (Fsp3) is 0.0909. The van der Waals surface area contributed by atoms with Crippen molar-refractivity contribution >= 4 is 32.5 Å². The third-order valence-electron chi connectivity index (χ3n) is 4.67. The molecule has 146 valence electrons. The van der Waals surface area contributed by atoms with Gasteiger partial charge in [-0.25, -0.2) is 13.4 Å². The third-order valence-corrected chi connectivity index (χ3v) is 6.45. The number of amides is 1. The van der Waals surface area contributed by atoms with Gasteiger partial charge >= 0.3 is 0 Å². The van der Waals surface area contributed by atoms with Crippen molar-refractivity contribution in [2.24, 2.45) is 0 Å². The number of aromatic amines is 1. The highest BCUT2D eigenvalue weighted by atomic mass is 32.2. The highest BCUT2D eigenvalue weighted by molar-refractivity contribution is 7.91. The molecule has 7 heteroatoms. The summed E-state index contributed by atoms with van der Waals surface area (Å²) in [6.07, 6.45) is 0. The number of carbonyl (C=O) groups is 1. The number of fused-ring (bicyclic) bond motifs is 1. The molecule has 1 amide bonds. The maximum absolute atomic E-state index is 12.9. The maximum Gasteiger partial charge on any atom is 0.257 e. The summed E-state index contributed by atoms with van der Waals surface area (Å²) in [4.78, 5) is 20.8. The topological polar surface area (TPSA) is 91.9 Å². The molecule has 0 radical (unpaired) electrons. The molecule has 1 aromatic heterocycles. The van der Waals surface area contributed by atoms with Crippen LogP contribution in [0.5, 0.6) is 0 Å². The molecule has 4 rings (SSSR count). The molecule has 0 fully saturated rings. The van der Waals surface area contributed by atoms with Gasteiger partial charge in [0, 0.05) is 5.56 Å². The van der Waals surface area contributed by atoms with Crippen molar-refractivity contribution in [1.29, 1.82) is 0 Å². The largest absolute Gasteiger partial charge is 0.338 e. The number of hydrogen-bond donors (Lipinski definition) is 2. The molecule has 0 saturated heterocycles. The van der Waals surface area contributed by atoms with Gasteiger partial charge in [0.2, 0.25) is 0 Å². The van der Waals surface area contributed by atoms with Crippen LogP contribution in [0.15, 0.2) is 77.7 Å². The van der Waals surface area contributed by atoms with E-state index in [9.17, 15) is 13.2 Å². The molecular weight excluding hydrogens is 386 g/mol. The first-order valence-electron chi connectivity index (χ1n) is 9.17. The Morgan fingerprint density at radius 1 is 0.966 bits per heavy atom. The van der Waals surface area contributed by atoms with E-state index in [1.165, 1.54) is 12.1 Å². The number of anilines is 1. The van der Waals surface area contributed by atoms with Crippen LogP contribution in [0.2, 0.25) is 0 Å². The van der Waals surface area contributed by atoms with Gasteiger partial charge in [0.25, 0.3) is 5.91 Å². The van der Waals surface area contributed by atoms with Crippen molar-refractivity contribution in [3.8, 4) is 11.4 Å². The predicted molar refractivity (Wildman–Crippen MR) is 114 cm³/mol. The average molecular weight is 405 g/mol. The van der Waals surface area contributed by atoms with E-state index in [-0.39, 0.29) is 16.2 Å². The number of nitrogens with zero attached hydrogens (tertiary/aromatic N) is 1. The van der Waals surface area contributed by atoms with Crippen LogP contribution in [-0.4, -0.2) is 30.0 Å². The van der Waals surface area contributed by atoms with Crippen LogP contribution in [0.1, 0.15) is 17.3 Å². The SMILES string of the molecule is CCS(=O)(=O)c1ccccc1C(=O)Nc1ccccc1-c1nc2ccccc2[nH]1. The van der Waals surface area contributed by atoms with Gasteiger partial charge < -0.3 is 10.3 Å². The van der Waals surface area contributed by atoms with Gasteiger partial charge in [-0.15, -0.1) is 0 Å². The maximum atomic E-state index is 12.9. The highest BCUT2D eigenvalue weighted by Crippen LogP contribution is 2.28. The van der Waals surface area contributed by atoms with Crippen molar-refractivity contribution in [3.63, 3.8) is 0 Å². The lowest BCUT2D eigenvalue weighted by Gasteiger charge is -2.12. The van der Waals surface area contributed by atoms with E-state index in [2.05, 4.69) is 15.3 Å². The Morgan fingerprint density at radius 2 is 1.66 bits per heavy atom. The van der Waals surface area contributed by atoms with Crippen molar-refractivity contribution in [3.05, 3.63) is 78.4 Å². The Morgan fingerprint density at radius 3 is 2.45 bits per heavy atom. The fourth-order valence-corrected chi connectivity index (χ4v) is 4.24. The average Bonchev–Trinajstić information content (AvgIpc) is 3.18. The van der Waals surface area contributed by atoms with Crippen LogP contribution in [0.4, 0.5) is 5.69 Å². The number of rotatable bonds is 5. The lowest BCUT2D eigenvalue weighted by atomic mass is 10.1. The lowest BCUT2D eigenvalue weighted by Crippen LogP contribution is -2.17. The molecule has 0 bridgehead atoms. The minimum atomic E-state index is -3.53.